The Balaban J connectivity index is 0.00000261. The van der Waals surface area contributed by atoms with Gasteiger partial charge in [0.25, 0.3) is 0 Å². The third-order valence-corrected chi connectivity index (χ3v) is 5.38. The van der Waals surface area contributed by atoms with Crippen molar-refractivity contribution in [2.75, 3.05) is 47.3 Å². The Kier molecular flexibility index (Phi) is 8.75. The number of likely N-dealkylation sites (tertiary alicyclic amines) is 2. The Labute approximate surface area is 180 Å². The molecule has 2 aliphatic rings. The van der Waals surface area contributed by atoms with E-state index in [2.05, 4.69) is 20.1 Å². The van der Waals surface area contributed by atoms with E-state index in [9.17, 15) is 4.39 Å². The largest absolute Gasteiger partial charge is 0.352 e. The number of hydrogen-bond donors (Lipinski definition) is 1. The van der Waals surface area contributed by atoms with E-state index in [0.717, 1.165) is 30.2 Å². The summed E-state index contributed by atoms with van der Waals surface area (Å²) in [5, 5.41) is 3.46. The Morgan fingerprint density at radius 1 is 1.26 bits per heavy atom. The van der Waals surface area contributed by atoms with Crippen molar-refractivity contribution in [1.29, 1.82) is 0 Å². The van der Waals surface area contributed by atoms with Gasteiger partial charge in [0.15, 0.2) is 5.96 Å². The van der Waals surface area contributed by atoms with Crippen molar-refractivity contribution in [3.05, 3.63) is 35.1 Å². The smallest absolute Gasteiger partial charge is 0.193 e. The standard InChI is InChI=1S/C20H32FN5.HI/c1-22-20(26-11-8-18(15-26)25-9-4-5-10-25)23-13-16-6-7-19(21)17(12-16)14-24(2)3;/h6-7,12,18H,4-5,8-11,13-15H2,1-3H3,(H,22,23);1H. The monoisotopic (exact) mass is 489 g/mol. The number of aliphatic imine (C=N–C) groups is 1. The number of rotatable bonds is 5. The fourth-order valence-corrected chi connectivity index (χ4v) is 4.05. The predicted octanol–water partition coefficient (Wildman–Crippen LogP) is 2.75. The van der Waals surface area contributed by atoms with E-state index in [1.165, 1.54) is 32.4 Å². The Morgan fingerprint density at radius 2 is 2.00 bits per heavy atom. The van der Waals surface area contributed by atoms with Crippen LogP contribution in [0, 0.1) is 5.82 Å². The van der Waals surface area contributed by atoms with Crippen LogP contribution in [0.3, 0.4) is 0 Å². The van der Waals surface area contributed by atoms with Crippen LogP contribution in [-0.2, 0) is 13.1 Å². The molecule has 0 amide bonds. The molecular weight excluding hydrogens is 456 g/mol. The molecule has 1 aromatic carbocycles. The van der Waals surface area contributed by atoms with Crippen LogP contribution in [0.15, 0.2) is 23.2 Å². The van der Waals surface area contributed by atoms with Gasteiger partial charge >= 0.3 is 0 Å². The molecule has 1 unspecified atom stereocenters. The van der Waals surface area contributed by atoms with Gasteiger partial charge < -0.3 is 15.1 Å². The van der Waals surface area contributed by atoms with Crippen LogP contribution in [0.25, 0.3) is 0 Å². The molecule has 0 bridgehead atoms. The van der Waals surface area contributed by atoms with E-state index < -0.39 is 0 Å². The topological polar surface area (TPSA) is 34.1 Å². The highest BCUT2D eigenvalue weighted by Crippen LogP contribution is 2.20. The third kappa shape index (κ3) is 6.02. The van der Waals surface area contributed by atoms with E-state index in [4.69, 9.17) is 0 Å². The molecule has 27 heavy (non-hydrogen) atoms. The highest BCUT2D eigenvalue weighted by molar-refractivity contribution is 14.0. The van der Waals surface area contributed by atoms with Gasteiger partial charge in [0.05, 0.1) is 0 Å². The van der Waals surface area contributed by atoms with Crippen molar-refractivity contribution in [2.45, 2.75) is 38.4 Å². The zero-order chi connectivity index (χ0) is 18.5. The molecule has 0 spiro atoms. The lowest BCUT2D eigenvalue weighted by atomic mass is 10.1. The molecule has 2 heterocycles. The zero-order valence-corrected chi connectivity index (χ0v) is 19.1. The molecule has 2 aliphatic heterocycles. The fraction of sp³-hybridized carbons (Fsp3) is 0.650. The zero-order valence-electron chi connectivity index (χ0n) is 16.7. The normalized spacial score (nSPS) is 21.0. The maximum absolute atomic E-state index is 13.9. The van der Waals surface area contributed by atoms with Gasteiger partial charge in [0, 0.05) is 44.8 Å². The highest BCUT2D eigenvalue weighted by atomic mass is 127. The Morgan fingerprint density at radius 3 is 2.67 bits per heavy atom. The van der Waals surface area contributed by atoms with Crippen LogP contribution >= 0.6 is 24.0 Å². The first-order chi connectivity index (χ1) is 12.6. The van der Waals surface area contributed by atoms with Gasteiger partial charge in [-0.05, 0) is 64.1 Å². The second-order valence-corrected chi connectivity index (χ2v) is 7.70. The SMILES string of the molecule is CN=C(NCc1ccc(F)c(CN(C)C)c1)N1CCC(N2CCCC2)C1.I. The number of hydrogen-bond acceptors (Lipinski definition) is 3. The molecule has 152 valence electrons. The van der Waals surface area contributed by atoms with Gasteiger partial charge in [-0.25, -0.2) is 4.39 Å². The quantitative estimate of drug-likeness (QED) is 0.392. The van der Waals surface area contributed by atoms with Crippen LogP contribution in [0.2, 0.25) is 0 Å². The number of nitrogens with one attached hydrogen (secondary N) is 1. The highest BCUT2D eigenvalue weighted by Gasteiger charge is 2.30. The van der Waals surface area contributed by atoms with E-state index in [-0.39, 0.29) is 29.8 Å². The molecule has 0 aromatic heterocycles. The van der Waals surface area contributed by atoms with Crippen molar-refractivity contribution in [3.8, 4) is 0 Å². The van der Waals surface area contributed by atoms with Gasteiger partial charge in [-0.3, -0.25) is 9.89 Å². The summed E-state index contributed by atoms with van der Waals surface area (Å²) >= 11 is 0. The molecule has 5 nitrogen and oxygen atoms in total. The summed E-state index contributed by atoms with van der Waals surface area (Å²) in [6, 6.07) is 6.03. The lowest BCUT2D eigenvalue weighted by Gasteiger charge is -2.25. The van der Waals surface area contributed by atoms with Crippen LogP contribution in [0.4, 0.5) is 4.39 Å². The van der Waals surface area contributed by atoms with Crippen molar-refractivity contribution < 1.29 is 4.39 Å². The molecule has 0 radical (unpaired) electrons. The molecule has 2 fully saturated rings. The van der Waals surface area contributed by atoms with Crippen molar-refractivity contribution in [1.82, 2.24) is 20.0 Å². The molecule has 1 atom stereocenters. The second-order valence-electron chi connectivity index (χ2n) is 7.70. The van der Waals surface area contributed by atoms with Crippen molar-refractivity contribution in [2.24, 2.45) is 4.99 Å². The fourth-order valence-electron chi connectivity index (χ4n) is 4.05. The summed E-state index contributed by atoms with van der Waals surface area (Å²) in [5.41, 5.74) is 1.82. The van der Waals surface area contributed by atoms with E-state index in [1.54, 1.807) is 6.07 Å². The summed E-state index contributed by atoms with van der Waals surface area (Å²) in [7, 11) is 5.75. The van der Waals surface area contributed by atoms with Crippen LogP contribution in [0.1, 0.15) is 30.4 Å². The minimum atomic E-state index is -0.139. The summed E-state index contributed by atoms with van der Waals surface area (Å²) < 4.78 is 13.9. The minimum Gasteiger partial charge on any atom is -0.352 e. The maximum atomic E-state index is 13.9. The van der Waals surface area contributed by atoms with Crippen LogP contribution in [0.5, 0.6) is 0 Å². The minimum absolute atomic E-state index is 0. The summed E-state index contributed by atoms with van der Waals surface area (Å²) in [5.74, 6) is 0.810. The molecule has 0 aliphatic carbocycles. The lowest BCUT2D eigenvalue weighted by Crippen LogP contribution is -2.42. The molecule has 7 heteroatoms. The van der Waals surface area contributed by atoms with Crippen LogP contribution in [-0.4, -0.2) is 74.0 Å². The van der Waals surface area contributed by atoms with Gasteiger partial charge in [0.2, 0.25) is 0 Å². The van der Waals surface area contributed by atoms with Gasteiger partial charge in [-0.1, -0.05) is 6.07 Å². The Hall–Kier alpha value is -0.930. The number of nitrogens with zero attached hydrogens (tertiary/aromatic N) is 4. The van der Waals surface area contributed by atoms with Gasteiger partial charge in [-0.2, -0.15) is 0 Å². The third-order valence-electron chi connectivity index (χ3n) is 5.38. The molecule has 1 N–H and O–H groups in total. The lowest BCUT2D eigenvalue weighted by molar-refractivity contribution is 0.249. The van der Waals surface area contributed by atoms with Crippen molar-refractivity contribution >= 4 is 29.9 Å². The molecule has 1 aromatic rings. The second kappa shape index (κ2) is 10.6. The maximum Gasteiger partial charge on any atom is 0.193 e. The van der Waals surface area contributed by atoms with E-state index in [0.29, 0.717) is 19.1 Å². The van der Waals surface area contributed by atoms with E-state index in [1.807, 2.05) is 38.2 Å². The molecule has 2 saturated heterocycles. The molecular formula is C20H33FIN5. The van der Waals surface area contributed by atoms with Crippen molar-refractivity contribution in [3.63, 3.8) is 0 Å². The summed E-state index contributed by atoms with van der Waals surface area (Å²) in [6.45, 7) is 5.87. The summed E-state index contributed by atoms with van der Waals surface area (Å²) in [4.78, 5) is 11.4. The van der Waals surface area contributed by atoms with Gasteiger partial charge in [0.1, 0.15) is 5.82 Å². The average molecular weight is 489 g/mol. The first kappa shape index (κ1) is 22.4. The summed E-state index contributed by atoms with van der Waals surface area (Å²) in [6.07, 6.45) is 3.89. The first-order valence-electron chi connectivity index (χ1n) is 9.68. The number of benzene rings is 1. The average Bonchev–Trinajstić information content (AvgIpc) is 3.29. The van der Waals surface area contributed by atoms with Gasteiger partial charge in [-0.15, -0.1) is 24.0 Å². The Bertz CT molecular complexity index is 631. The van der Waals surface area contributed by atoms with Crippen LogP contribution < -0.4 is 5.32 Å². The van der Waals surface area contributed by atoms with E-state index >= 15 is 0 Å². The molecule has 3 rings (SSSR count). The number of guanidine groups is 1. The first-order valence-corrected chi connectivity index (χ1v) is 9.68. The number of halogens is 2. The predicted molar refractivity (Wildman–Crippen MR) is 120 cm³/mol. The molecule has 0 saturated carbocycles.